The molecule has 1 aliphatic heterocycles. The van der Waals surface area contributed by atoms with Gasteiger partial charge in [-0.2, -0.15) is 0 Å². The zero-order chi connectivity index (χ0) is 10.8. The lowest BCUT2D eigenvalue weighted by Crippen LogP contribution is -2.59. The number of hydrogen-bond donors (Lipinski definition) is 1. The third-order valence-corrected chi connectivity index (χ3v) is 2.26. The van der Waals surface area contributed by atoms with Gasteiger partial charge in [-0.3, -0.25) is 9.69 Å². The largest absolute Gasteiger partial charge is 0.345 e. The van der Waals surface area contributed by atoms with E-state index in [1.54, 1.807) is 12.1 Å². The lowest BCUT2D eigenvalue weighted by atomic mass is 10.3. The van der Waals surface area contributed by atoms with Crippen LogP contribution in [-0.2, 0) is 4.79 Å². The van der Waals surface area contributed by atoms with Gasteiger partial charge in [0.15, 0.2) is 0 Å². The van der Waals surface area contributed by atoms with E-state index in [0.29, 0.717) is 0 Å². The Kier molecular flexibility index (Phi) is 2.39. The van der Waals surface area contributed by atoms with E-state index in [2.05, 4.69) is 5.43 Å². The van der Waals surface area contributed by atoms with Crippen LogP contribution in [0.2, 0.25) is 0 Å². The Balaban J connectivity index is 2.25. The van der Waals surface area contributed by atoms with Crippen LogP contribution in [0.5, 0.6) is 0 Å². The number of rotatable bonds is 1. The Morgan fingerprint density at radius 2 is 1.87 bits per heavy atom. The van der Waals surface area contributed by atoms with Gasteiger partial charge in [-0.15, -0.1) is 0 Å². The second-order valence-electron chi connectivity index (χ2n) is 3.24. The average Bonchev–Trinajstić information content (AvgIpc) is 2.27. The van der Waals surface area contributed by atoms with Gasteiger partial charge in [0, 0.05) is 7.05 Å². The van der Waals surface area contributed by atoms with Gasteiger partial charge >= 0.3 is 6.03 Å². The zero-order valence-electron chi connectivity index (χ0n) is 8.30. The number of benzene rings is 1. The van der Waals surface area contributed by atoms with Crippen molar-refractivity contribution in [3.8, 4) is 0 Å². The number of anilines is 1. The van der Waals surface area contributed by atoms with E-state index < -0.39 is 0 Å². The molecule has 1 fully saturated rings. The molecule has 0 spiro atoms. The minimum Gasteiger partial charge on any atom is -0.273 e. The molecule has 0 unspecified atom stereocenters. The first-order valence-electron chi connectivity index (χ1n) is 4.59. The summed E-state index contributed by atoms with van der Waals surface area (Å²) in [4.78, 5) is 24.0. The summed E-state index contributed by atoms with van der Waals surface area (Å²) in [6.07, 6.45) is 0. The predicted molar refractivity (Wildman–Crippen MR) is 55.1 cm³/mol. The Morgan fingerprint density at radius 3 is 2.53 bits per heavy atom. The number of para-hydroxylation sites is 1. The van der Waals surface area contributed by atoms with Crippen molar-refractivity contribution in [3.05, 3.63) is 30.3 Å². The highest BCUT2D eigenvalue weighted by atomic mass is 16.2. The van der Waals surface area contributed by atoms with Gasteiger partial charge < -0.3 is 0 Å². The quantitative estimate of drug-likeness (QED) is 0.730. The first-order valence-corrected chi connectivity index (χ1v) is 4.59. The number of carbonyl (C=O) groups is 2. The molecule has 78 valence electrons. The number of likely N-dealkylation sites (N-methyl/N-ethyl adjacent to an activating group) is 1. The van der Waals surface area contributed by atoms with E-state index >= 15 is 0 Å². The number of urea groups is 1. The first-order chi connectivity index (χ1) is 7.20. The Labute approximate surface area is 87.2 Å². The van der Waals surface area contributed by atoms with Crippen LogP contribution in [0.3, 0.4) is 0 Å². The van der Waals surface area contributed by atoms with E-state index in [0.717, 1.165) is 10.6 Å². The molecule has 0 aliphatic carbocycles. The second kappa shape index (κ2) is 3.70. The minimum atomic E-state index is -0.363. The molecule has 5 heteroatoms. The van der Waals surface area contributed by atoms with E-state index in [4.69, 9.17) is 0 Å². The van der Waals surface area contributed by atoms with Crippen molar-refractivity contribution < 1.29 is 9.59 Å². The molecule has 2 rings (SSSR count). The van der Waals surface area contributed by atoms with Crippen LogP contribution in [0.25, 0.3) is 0 Å². The van der Waals surface area contributed by atoms with Gasteiger partial charge in [-0.1, -0.05) is 18.2 Å². The third kappa shape index (κ3) is 1.69. The summed E-state index contributed by atoms with van der Waals surface area (Å²) in [5, 5.41) is 1.36. The molecule has 0 saturated carbocycles. The van der Waals surface area contributed by atoms with Crippen molar-refractivity contribution in [2.45, 2.75) is 0 Å². The van der Waals surface area contributed by atoms with Crippen molar-refractivity contribution in [1.82, 2.24) is 10.3 Å². The Bertz CT molecular complexity index is 391. The molecule has 1 aromatic carbocycles. The highest BCUT2D eigenvalue weighted by molar-refractivity contribution is 6.05. The van der Waals surface area contributed by atoms with Gasteiger partial charge in [0.2, 0.25) is 5.91 Å². The Morgan fingerprint density at radius 1 is 1.20 bits per heavy atom. The summed E-state index contributed by atoms with van der Waals surface area (Å²) in [5.74, 6) is -0.229. The molecular weight excluding hydrogens is 194 g/mol. The Hall–Kier alpha value is -1.88. The van der Waals surface area contributed by atoms with Gasteiger partial charge in [0.05, 0.1) is 12.2 Å². The van der Waals surface area contributed by atoms with Gasteiger partial charge in [0.1, 0.15) is 0 Å². The molecule has 0 atom stereocenters. The number of hydrogen-bond acceptors (Lipinski definition) is 3. The third-order valence-electron chi connectivity index (χ3n) is 2.26. The van der Waals surface area contributed by atoms with Crippen LogP contribution in [0, 0.1) is 0 Å². The van der Waals surface area contributed by atoms with Crippen LogP contribution in [0.1, 0.15) is 0 Å². The fraction of sp³-hybridized carbons (Fsp3) is 0.200. The van der Waals surface area contributed by atoms with Crippen molar-refractivity contribution in [2.24, 2.45) is 0 Å². The molecule has 0 bridgehead atoms. The molecule has 0 radical (unpaired) electrons. The van der Waals surface area contributed by atoms with E-state index in [9.17, 15) is 9.59 Å². The van der Waals surface area contributed by atoms with Gasteiger partial charge in [-0.05, 0) is 12.1 Å². The summed E-state index contributed by atoms with van der Waals surface area (Å²) in [6, 6.07) is 8.77. The smallest absolute Gasteiger partial charge is 0.273 e. The molecule has 1 saturated heterocycles. The number of hydrazine groups is 1. The summed E-state index contributed by atoms with van der Waals surface area (Å²) in [6.45, 7) is 0.136. The van der Waals surface area contributed by atoms with Crippen LogP contribution in [0.15, 0.2) is 30.3 Å². The molecular formula is C10H11N3O2. The maximum absolute atomic E-state index is 11.7. The number of imide groups is 1. The maximum Gasteiger partial charge on any atom is 0.345 e. The maximum atomic E-state index is 11.7. The van der Waals surface area contributed by atoms with E-state index in [1.165, 1.54) is 12.1 Å². The molecule has 1 heterocycles. The van der Waals surface area contributed by atoms with Crippen LogP contribution < -0.4 is 10.4 Å². The fourth-order valence-corrected chi connectivity index (χ4v) is 1.37. The van der Waals surface area contributed by atoms with Crippen LogP contribution >= 0.6 is 0 Å². The molecule has 1 aromatic rings. The standard InChI is InChI=1S/C10H11N3O2/c1-12-9(14)7-11-13(10(12)15)8-5-3-2-4-6-8/h2-6,11H,7H2,1H3. The number of nitrogens with one attached hydrogen (secondary N) is 1. The zero-order valence-corrected chi connectivity index (χ0v) is 8.30. The topological polar surface area (TPSA) is 52.7 Å². The summed E-state index contributed by atoms with van der Waals surface area (Å²) < 4.78 is 0. The van der Waals surface area contributed by atoms with Crippen LogP contribution in [0.4, 0.5) is 10.5 Å². The lowest BCUT2D eigenvalue weighted by Gasteiger charge is -2.32. The summed E-state index contributed by atoms with van der Waals surface area (Å²) >= 11 is 0. The lowest BCUT2D eigenvalue weighted by molar-refractivity contribution is -0.127. The summed E-state index contributed by atoms with van der Waals surface area (Å²) in [7, 11) is 1.47. The SMILES string of the molecule is CN1C(=O)CNN(c2ccccc2)C1=O. The van der Waals surface area contributed by atoms with Crippen molar-refractivity contribution in [1.29, 1.82) is 0 Å². The highest BCUT2D eigenvalue weighted by Gasteiger charge is 2.29. The normalized spacial score (nSPS) is 17.1. The monoisotopic (exact) mass is 205 g/mol. The molecule has 0 aromatic heterocycles. The van der Waals surface area contributed by atoms with E-state index in [1.807, 2.05) is 18.2 Å². The molecule has 3 amide bonds. The number of nitrogens with zero attached hydrogens (tertiary/aromatic N) is 2. The fourth-order valence-electron chi connectivity index (χ4n) is 1.37. The highest BCUT2D eigenvalue weighted by Crippen LogP contribution is 2.14. The summed E-state index contributed by atoms with van der Waals surface area (Å²) in [5.41, 5.74) is 3.48. The van der Waals surface area contributed by atoms with Gasteiger partial charge in [-0.25, -0.2) is 15.2 Å². The van der Waals surface area contributed by atoms with E-state index in [-0.39, 0.29) is 18.5 Å². The van der Waals surface area contributed by atoms with Gasteiger partial charge in [0.25, 0.3) is 0 Å². The first kappa shape index (κ1) is 9.67. The van der Waals surface area contributed by atoms with Crippen LogP contribution in [-0.4, -0.2) is 30.4 Å². The van der Waals surface area contributed by atoms with Crippen molar-refractivity contribution in [3.63, 3.8) is 0 Å². The molecule has 1 N–H and O–H groups in total. The minimum absolute atomic E-state index is 0.136. The van der Waals surface area contributed by atoms with Crippen molar-refractivity contribution in [2.75, 3.05) is 18.6 Å². The molecule has 15 heavy (non-hydrogen) atoms. The molecule has 1 aliphatic rings. The number of amides is 3. The average molecular weight is 205 g/mol. The number of carbonyl (C=O) groups excluding carboxylic acids is 2. The van der Waals surface area contributed by atoms with Crippen molar-refractivity contribution >= 4 is 17.6 Å². The second-order valence-corrected chi connectivity index (χ2v) is 3.24. The molecule has 5 nitrogen and oxygen atoms in total. The predicted octanol–water partition coefficient (Wildman–Crippen LogP) is 0.590.